The summed E-state index contributed by atoms with van der Waals surface area (Å²) in [7, 11) is 0. The first-order valence-electron chi connectivity index (χ1n) is 7.39. The molecule has 1 unspecified atom stereocenters. The van der Waals surface area contributed by atoms with Crippen molar-refractivity contribution in [2.24, 2.45) is 5.92 Å². The van der Waals surface area contributed by atoms with E-state index in [1.165, 1.54) is 0 Å². The monoisotopic (exact) mass is 302 g/mol. The average molecular weight is 302 g/mol. The van der Waals surface area contributed by atoms with Crippen LogP contribution in [-0.2, 0) is 6.54 Å². The van der Waals surface area contributed by atoms with Gasteiger partial charge >= 0.3 is 6.03 Å². The van der Waals surface area contributed by atoms with Crippen molar-refractivity contribution in [1.82, 2.24) is 15.1 Å². The van der Waals surface area contributed by atoms with E-state index in [-0.39, 0.29) is 18.6 Å². The highest BCUT2D eigenvalue weighted by Crippen LogP contribution is 2.10. The van der Waals surface area contributed by atoms with Gasteiger partial charge in [0.2, 0.25) is 0 Å². The van der Waals surface area contributed by atoms with Crippen LogP contribution in [0.4, 0.5) is 10.5 Å². The van der Waals surface area contributed by atoms with Crippen LogP contribution in [0, 0.1) is 5.92 Å². The van der Waals surface area contributed by atoms with Gasteiger partial charge in [0.25, 0.3) is 0 Å². The van der Waals surface area contributed by atoms with Gasteiger partial charge in [-0.15, -0.1) is 0 Å². The van der Waals surface area contributed by atoms with Gasteiger partial charge in [0, 0.05) is 31.2 Å². The van der Waals surface area contributed by atoms with Crippen molar-refractivity contribution >= 4 is 11.7 Å². The van der Waals surface area contributed by atoms with Gasteiger partial charge < -0.3 is 15.7 Å². The van der Waals surface area contributed by atoms with Gasteiger partial charge in [-0.25, -0.2) is 4.79 Å². The zero-order chi connectivity index (χ0) is 15.8. The van der Waals surface area contributed by atoms with Gasteiger partial charge in [-0.3, -0.25) is 4.68 Å². The first kappa shape index (κ1) is 16.0. The molecule has 1 aromatic heterocycles. The number of hydrogen-bond donors (Lipinski definition) is 3. The molecule has 0 aliphatic rings. The number of nitrogens with zero attached hydrogens (tertiary/aromatic N) is 2. The van der Waals surface area contributed by atoms with Crippen molar-refractivity contribution in [3.05, 3.63) is 48.3 Å². The SMILES string of the molecule is CC(CCO)CNC(=O)Nc1ccc(Cn2cccn2)cc1. The molecular weight excluding hydrogens is 280 g/mol. The third-order valence-electron chi connectivity index (χ3n) is 3.35. The summed E-state index contributed by atoms with van der Waals surface area (Å²) in [4.78, 5) is 11.8. The molecule has 0 aliphatic heterocycles. The quantitative estimate of drug-likeness (QED) is 0.732. The number of carbonyl (C=O) groups excluding carboxylic acids is 1. The molecule has 1 aromatic carbocycles. The lowest BCUT2D eigenvalue weighted by atomic mass is 10.1. The van der Waals surface area contributed by atoms with Crippen LogP contribution in [0.2, 0.25) is 0 Å². The fourth-order valence-corrected chi connectivity index (χ4v) is 2.04. The maximum absolute atomic E-state index is 11.8. The molecule has 0 aliphatic carbocycles. The van der Waals surface area contributed by atoms with E-state index in [1.807, 2.05) is 48.1 Å². The van der Waals surface area contributed by atoms with Crippen molar-refractivity contribution in [1.29, 1.82) is 0 Å². The van der Waals surface area contributed by atoms with Gasteiger partial charge in [0.05, 0.1) is 6.54 Å². The summed E-state index contributed by atoms with van der Waals surface area (Å²) in [6, 6.07) is 9.32. The number of aliphatic hydroxyl groups is 1. The summed E-state index contributed by atoms with van der Waals surface area (Å²) in [5.41, 5.74) is 1.86. The minimum Gasteiger partial charge on any atom is -0.396 e. The number of urea groups is 1. The molecule has 0 radical (unpaired) electrons. The van der Waals surface area contributed by atoms with E-state index in [9.17, 15) is 4.79 Å². The number of rotatable bonds is 7. The van der Waals surface area contributed by atoms with Crippen LogP contribution in [0.25, 0.3) is 0 Å². The number of aromatic nitrogens is 2. The van der Waals surface area contributed by atoms with E-state index in [4.69, 9.17) is 5.11 Å². The van der Waals surface area contributed by atoms with Crippen molar-refractivity contribution in [3.63, 3.8) is 0 Å². The van der Waals surface area contributed by atoms with E-state index >= 15 is 0 Å². The molecule has 2 amide bonds. The predicted octanol–water partition coefficient (Wildman–Crippen LogP) is 2.07. The minimum absolute atomic E-state index is 0.141. The third kappa shape index (κ3) is 5.21. The highest BCUT2D eigenvalue weighted by Gasteiger charge is 2.05. The standard InChI is InChI=1S/C16H22N4O2/c1-13(7-10-21)11-17-16(22)19-15-5-3-14(4-6-15)12-20-9-2-8-18-20/h2-6,8-9,13,21H,7,10-12H2,1H3,(H2,17,19,22). The summed E-state index contributed by atoms with van der Waals surface area (Å²) in [6.07, 6.45) is 4.34. The van der Waals surface area contributed by atoms with Gasteiger partial charge in [-0.2, -0.15) is 5.10 Å². The first-order chi connectivity index (χ1) is 10.7. The van der Waals surface area contributed by atoms with Crippen LogP contribution in [0.15, 0.2) is 42.7 Å². The molecule has 0 fully saturated rings. The second-order valence-electron chi connectivity index (χ2n) is 5.35. The maximum atomic E-state index is 11.8. The van der Waals surface area contributed by atoms with Crippen LogP contribution >= 0.6 is 0 Å². The third-order valence-corrected chi connectivity index (χ3v) is 3.35. The Morgan fingerprint density at radius 1 is 1.36 bits per heavy atom. The van der Waals surface area contributed by atoms with Gasteiger partial charge in [-0.1, -0.05) is 19.1 Å². The van der Waals surface area contributed by atoms with E-state index in [0.29, 0.717) is 19.5 Å². The average Bonchev–Trinajstić information content (AvgIpc) is 3.00. The molecule has 0 bridgehead atoms. The zero-order valence-electron chi connectivity index (χ0n) is 12.7. The fraction of sp³-hybridized carbons (Fsp3) is 0.375. The molecule has 0 spiro atoms. The Bertz CT molecular complexity index is 566. The van der Waals surface area contributed by atoms with Crippen LogP contribution in [0.1, 0.15) is 18.9 Å². The van der Waals surface area contributed by atoms with E-state index in [1.54, 1.807) is 6.20 Å². The van der Waals surface area contributed by atoms with Crippen LogP contribution in [-0.4, -0.2) is 34.1 Å². The first-order valence-corrected chi connectivity index (χ1v) is 7.39. The Kier molecular flexibility index (Phi) is 5.97. The minimum atomic E-state index is -0.232. The molecule has 22 heavy (non-hydrogen) atoms. The largest absolute Gasteiger partial charge is 0.396 e. The molecular formula is C16H22N4O2. The van der Waals surface area contributed by atoms with Gasteiger partial charge in [0.15, 0.2) is 0 Å². The van der Waals surface area contributed by atoms with E-state index in [2.05, 4.69) is 15.7 Å². The molecule has 1 atom stereocenters. The summed E-state index contributed by atoms with van der Waals surface area (Å²) >= 11 is 0. The molecule has 118 valence electrons. The summed E-state index contributed by atoms with van der Waals surface area (Å²) in [5.74, 6) is 0.257. The number of aliphatic hydroxyl groups excluding tert-OH is 1. The number of amides is 2. The predicted molar refractivity (Wildman–Crippen MR) is 85.7 cm³/mol. The highest BCUT2D eigenvalue weighted by molar-refractivity contribution is 5.89. The van der Waals surface area contributed by atoms with Gasteiger partial charge in [0.1, 0.15) is 0 Å². The Labute approximate surface area is 130 Å². The topological polar surface area (TPSA) is 79.2 Å². The fourth-order valence-electron chi connectivity index (χ4n) is 2.04. The molecule has 0 saturated heterocycles. The lowest BCUT2D eigenvalue weighted by Gasteiger charge is -2.12. The van der Waals surface area contributed by atoms with Gasteiger partial charge in [-0.05, 0) is 36.1 Å². The molecule has 2 rings (SSSR count). The van der Waals surface area contributed by atoms with E-state index in [0.717, 1.165) is 11.3 Å². The summed E-state index contributed by atoms with van der Waals surface area (Å²) in [6.45, 7) is 3.38. The van der Waals surface area contributed by atoms with Crippen molar-refractivity contribution in [3.8, 4) is 0 Å². The molecule has 6 heteroatoms. The van der Waals surface area contributed by atoms with E-state index < -0.39 is 0 Å². The summed E-state index contributed by atoms with van der Waals surface area (Å²) < 4.78 is 1.84. The Morgan fingerprint density at radius 2 is 2.14 bits per heavy atom. The molecule has 1 heterocycles. The van der Waals surface area contributed by atoms with Crippen LogP contribution in [0.3, 0.4) is 0 Å². The molecule has 2 aromatic rings. The molecule has 0 saturated carbocycles. The second kappa shape index (κ2) is 8.19. The zero-order valence-corrected chi connectivity index (χ0v) is 12.7. The number of anilines is 1. The number of carbonyl (C=O) groups is 1. The molecule has 6 nitrogen and oxygen atoms in total. The number of benzene rings is 1. The second-order valence-corrected chi connectivity index (χ2v) is 5.35. The Hall–Kier alpha value is -2.34. The smallest absolute Gasteiger partial charge is 0.319 e. The Balaban J connectivity index is 1.79. The highest BCUT2D eigenvalue weighted by atomic mass is 16.3. The van der Waals surface area contributed by atoms with Crippen molar-refractivity contribution in [2.45, 2.75) is 19.9 Å². The number of nitrogens with one attached hydrogen (secondary N) is 2. The van der Waals surface area contributed by atoms with Crippen LogP contribution in [0.5, 0.6) is 0 Å². The Morgan fingerprint density at radius 3 is 2.77 bits per heavy atom. The van der Waals surface area contributed by atoms with Crippen molar-refractivity contribution < 1.29 is 9.90 Å². The summed E-state index contributed by atoms with van der Waals surface area (Å²) in [5, 5.41) is 18.6. The maximum Gasteiger partial charge on any atom is 0.319 e. The lowest BCUT2D eigenvalue weighted by Crippen LogP contribution is -2.32. The molecule has 3 N–H and O–H groups in total. The van der Waals surface area contributed by atoms with Crippen molar-refractivity contribution in [2.75, 3.05) is 18.5 Å². The lowest BCUT2D eigenvalue weighted by molar-refractivity contribution is 0.243. The van der Waals surface area contributed by atoms with Crippen LogP contribution < -0.4 is 10.6 Å². The number of hydrogen-bond acceptors (Lipinski definition) is 3. The normalized spacial score (nSPS) is 11.9.